The quantitative estimate of drug-likeness (QED) is 0.343. The molecule has 5 atom stereocenters. The Hall–Kier alpha value is -2.46. The molecule has 12 nitrogen and oxygen atoms in total. The number of fused-ring (bicyclic) bond motifs is 2. The van der Waals surface area contributed by atoms with E-state index in [1.165, 1.54) is 17.2 Å². The van der Waals surface area contributed by atoms with Crippen molar-refractivity contribution >= 4 is 38.4 Å². The van der Waals surface area contributed by atoms with E-state index in [1.54, 1.807) is 24.5 Å². The van der Waals surface area contributed by atoms with Crippen LogP contribution in [0, 0.1) is 5.82 Å². The van der Waals surface area contributed by atoms with Gasteiger partial charge >= 0.3 is 0 Å². The Morgan fingerprint density at radius 2 is 1.91 bits per heavy atom. The Kier molecular flexibility index (Phi) is 8.17. The molecule has 3 aromatic rings. The number of benzene rings is 1. The van der Waals surface area contributed by atoms with Crippen LogP contribution in [0.2, 0.25) is 5.02 Å². The number of aliphatic hydroxyl groups excluding tert-OH is 1. The van der Waals surface area contributed by atoms with E-state index in [0.717, 1.165) is 0 Å². The number of sulfone groups is 1. The van der Waals surface area contributed by atoms with Crippen LogP contribution in [0.3, 0.4) is 0 Å². The molecule has 0 bridgehead atoms. The van der Waals surface area contributed by atoms with Gasteiger partial charge in [-0.3, -0.25) is 4.90 Å². The molecule has 3 saturated heterocycles. The maximum absolute atomic E-state index is 15.4. The van der Waals surface area contributed by atoms with Crippen LogP contribution in [-0.4, -0.2) is 91.3 Å². The van der Waals surface area contributed by atoms with E-state index in [2.05, 4.69) is 20.3 Å². The lowest BCUT2D eigenvalue weighted by molar-refractivity contribution is -0.494. The highest BCUT2D eigenvalue weighted by molar-refractivity contribution is 7.92. The van der Waals surface area contributed by atoms with Gasteiger partial charge in [-0.25, -0.2) is 27.8 Å². The van der Waals surface area contributed by atoms with E-state index in [9.17, 15) is 23.7 Å². The number of anilines is 1. The number of imidazole rings is 1. The van der Waals surface area contributed by atoms with E-state index < -0.39 is 50.3 Å². The van der Waals surface area contributed by atoms with Gasteiger partial charge in [0.25, 0.3) is 0 Å². The zero-order chi connectivity index (χ0) is 31.7. The molecule has 3 aliphatic heterocycles. The van der Waals surface area contributed by atoms with Crippen molar-refractivity contribution in [3.8, 4) is 11.3 Å². The molecule has 6 rings (SSSR count). The van der Waals surface area contributed by atoms with Crippen molar-refractivity contribution in [3.05, 3.63) is 35.0 Å². The van der Waals surface area contributed by atoms with E-state index in [4.69, 9.17) is 16.3 Å². The highest BCUT2D eigenvalue weighted by Gasteiger charge is 2.54. The van der Waals surface area contributed by atoms with Crippen LogP contribution in [0.15, 0.2) is 18.3 Å². The van der Waals surface area contributed by atoms with Gasteiger partial charge in [-0.05, 0) is 71.7 Å². The largest absolute Gasteiger partial charge is 0.839 e. The van der Waals surface area contributed by atoms with Gasteiger partial charge in [-0.2, -0.15) is 0 Å². The number of hydrogen-bond acceptors (Lipinski definition) is 11. The zero-order valence-corrected chi connectivity index (χ0v) is 26.5. The van der Waals surface area contributed by atoms with Gasteiger partial charge in [-0.15, -0.1) is 0 Å². The second-order valence-corrected chi connectivity index (χ2v) is 15.5. The molecule has 3 N–H and O–H groups in total. The number of halogens is 2. The van der Waals surface area contributed by atoms with Crippen LogP contribution < -0.4 is 10.4 Å². The number of ether oxygens (including phenoxy) is 1. The molecule has 3 aliphatic rings. The van der Waals surface area contributed by atoms with Gasteiger partial charge in [0, 0.05) is 30.9 Å². The van der Waals surface area contributed by atoms with Crippen molar-refractivity contribution in [1.82, 2.24) is 24.4 Å². The summed E-state index contributed by atoms with van der Waals surface area (Å²) in [5, 5.41) is 36.7. The summed E-state index contributed by atoms with van der Waals surface area (Å²) >= 11 is 6.47. The Bertz CT molecular complexity index is 1670. The topological polar surface area (TPSA) is 166 Å². The van der Waals surface area contributed by atoms with Crippen LogP contribution in [-0.2, 0) is 20.2 Å². The van der Waals surface area contributed by atoms with Crippen LogP contribution in [0.25, 0.3) is 22.3 Å². The molecule has 0 spiro atoms. The molecular weight excluding hydrogens is 615 g/mol. The fourth-order valence-electron chi connectivity index (χ4n) is 6.69. The van der Waals surface area contributed by atoms with Gasteiger partial charge in [-0.1, -0.05) is 11.6 Å². The monoisotopic (exact) mass is 651 g/mol. The molecule has 0 radical (unpaired) electrons. The molecule has 15 heteroatoms. The predicted molar refractivity (Wildman–Crippen MR) is 160 cm³/mol. The van der Waals surface area contributed by atoms with E-state index in [-0.39, 0.29) is 34.3 Å². The Morgan fingerprint density at radius 3 is 2.57 bits per heavy atom. The van der Waals surface area contributed by atoms with Gasteiger partial charge in [0.2, 0.25) is 5.95 Å². The second kappa shape index (κ2) is 11.4. The second-order valence-electron chi connectivity index (χ2n) is 12.7. The first kappa shape index (κ1) is 31.5. The zero-order valence-electron chi connectivity index (χ0n) is 24.9. The summed E-state index contributed by atoms with van der Waals surface area (Å²) in [7, 11) is -3.58. The van der Waals surface area contributed by atoms with Crippen molar-refractivity contribution in [1.29, 1.82) is 0 Å². The molecule has 0 saturated carbocycles. The minimum absolute atomic E-state index is 0.0786. The predicted octanol–water partition coefficient (Wildman–Crippen LogP) is 2.32. The molecule has 0 amide bonds. The summed E-state index contributed by atoms with van der Waals surface area (Å²) < 4.78 is 49.0. The maximum Gasteiger partial charge on any atom is 0.223 e. The minimum Gasteiger partial charge on any atom is -0.839 e. The summed E-state index contributed by atoms with van der Waals surface area (Å²) in [6.07, 6.45) is -0.296. The Labute approximate surface area is 260 Å². The number of piperidine rings is 1. The van der Waals surface area contributed by atoms with E-state index in [1.807, 2.05) is 13.8 Å². The number of nitrogens with zero attached hydrogens (tertiary/aromatic N) is 5. The van der Waals surface area contributed by atoms with Crippen LogP contribution in [0.4, 0.5) is 10.3 Å². The average Bonchev–Trinajstić information content (AvgIpc) is 3.36. The number of rotatable bonds is 7. The van der Waals surface area contributed by atoms with E-state index >= 15 is 4.39 Å². The fraction of sp³-hybridized carbons (Fsp3) is 0.621. The van der Waals surface area contributed by atoms with Crippen molar-refractivity contribution in [2.45, 2.75) is 100 Å². The minimum atomic E-state index is -3.58. The third-order valence-corrected chi connectivity index (χ3v) is 11.8. The Morgan fingerprint density at radius 1 is 1.20 bits per heavy atom. The first-order valence-electron chi connectivity index (χ1n) is 14.8. The van der Waals surface area contributed by atoms with Crippen molar-refractivity contribution in [2.24, 2.45) is 0 Å². The van der Waals surface area contributed by atoms with Gasteiger partial charge in [0.1, 0.15) is 22.3 Å². The molecule has 2 aromatic heterocycles. The molecule has 44 heavy (non-hydrogen) atoms. The summed E-state index contributed by atoms with van der Waals surface area (Å²) in [6, 6.07) is 1.77. The number of aliphatic hydroxyl groups is 2. The smallest absolute Gasteiger partial charge is 0.223 e. The number of aromatic nitrogens is 4. The molecule has 1 unspecified atom stereocenters. The number of nitrogens with one attached hydrogen (secondary N) is 1. The normalized spacial score (nSPS) is 27.0. The Balaban J connectivity index is 1.25. The number of hydrogen-bond donors (Lipinski definition) is 3. The molecule has 240 valence electrons. The van der Waals surface area contributed by atoms with Crippen molar-refractivity contribution in [3.63, 3.8) is 0 Å². The van der Waals surface area contributed by atoms with E-state index in [0.29, 0.717) is 55.8 Å². The summed E-state index contributed by atoms with van der Waals surface area (Å²) in [4.78, 5) is 14.5. The molecule has 0 aliphatic carbocycles. The average molecular weight is 652 g/mol. The molecule has 1 aromatic carbocycles. The highest BCUT2D eigenvalue weighted by atomic mass is 35.5. The summed E-state index contributed by atoms with van der Waals surface area (Å²) in [5.74, 6) is -0.213. The van der Waals surface area contributed by atoms with Crippen molar-refractivity contribution < 1.29 is 32.9 Å². The maximum atomic E-state index is 15.4. The van der Waals surface area contributed by atoms with Gasteiger partial charge in [0.15, 0.2) is 15.7 Å². The van der Waals surface area contributed by atoms with Gasteiger partial charge in [0.05, 0.1) is 39.8 Å². The molecule has 5 heterocycles. The standard InChI is InChI=1S/C29H37ClFN6O6S/c1-14(2)36-21-10-15(9-19(31)24(21)34-27(36)29(3,4)40)23-18(30)13-32-28(35-23)33-20-11-16-12-22(37(16)26(39)25(20)38)44(41,42)17-5-7-43-8-6-17/h9-10,13-14,16-17,20,22,25-26,38,40H,5-8,11-12H2,1-4H3,(H,32,33,35)/q-1/t16-,20+,22?,25-,26-/m0/s1. The first-order chi connectivity index (χ1) is 20.7. The summed E-state index contributed by atoms with van der Waals surface area (Å²) in [6.45, 7) is 7.75. The lowest BCUT2D eigenvalue weighted by Gasteiger charge is -2.61. The molecule has 3 fully saturated rings. The lowest BCUT2D eigenvalue weighted by Crippen LogP contribution is -2.75. The van der Waals surface area contributed by atoms with Crippen LogP contribution in [0.1, 0.15) is 65.2 Å². The van der Waals surface area contributed by atoms with Crippen LogP contribution in [0.5, 0.6) is 0 Å². The highest BCUT2D eigenvalue weighted by Crippen LogP contribution is 2.42. The summed E-state index contributed by atoms with van der Waals surface area (Å²) in [5.41, 5.74) is -0.166. The molecular formula is C29H37ClFN6O6S-. The van der Waals surface area contributed by atoms with Gasteiger partial charge < -0.3 is 29.9 Å². The third-order valence-electron chi connectivity index (χ3n) is 8.91. The fourth-order valence-corrected chi connectivity index (χ4v) is 9.31. The first-order valence-corrected chi connectivity index (χ1v) is 16.8. The van der Waals surface area contributed by atoms with Crippen molar-refractivity contribution in [2.75, 3.05) is 18.5 Å². The third kappa shape index (κ3) is 5.37. The van der Waals surface area contributed by atoms with Crippen LogP contribution >= 0.6 is 11.6 Å². The SMILES string of the molecule is CC(C)n1c(C(C)(C)O)nc2c(F)cc(-c3nc(N[C@@H]4C[C@H]5CC(S(=O)(=O)C6CCOCC6)N5[C@@H]([O-])[C@H]4O)ncc3Cl)cc21. The lowest BCUT2D eigenvalue weighted by atomic mass is 9.85.